The maximum absolute atomic E-state index is 10.6. The summed E-state index contributed by atoms with van der Waals surface area (Å²) in [5.74, 6) is -0.889. The number of hydrogen-bond acceptors (Lipinski definition) is 3. The molecule has 3 N–H and O–H groups in total. The van der Waals surface area contributed by atoms with E-state index in [1.807, 2.05) is 31.2 Å². The van der Waals surface area contributed by atoms with E-state index in [2.05, 4.69) is 4.98 Å². The Morgan fingerprint density at radius 1 is 1.41 bits per heavy atom. The maximum atomic E-state index is 10.6. The Balaban J connectivity index is 2.37. The van der Waals surface area contributed by atoms with Crippen molar-refractivity contribution in [1.29, 1.82) is 0 Å². The van der Waals surface area contributed by atoms with Gasteiger partial charge in [-0.1, -0.05) is 12.1 Å². The first-order valence-corrected chi connectivity index (χ1v) is 5.40. The van der Waals surface area contributed by atoms with Gasteiger partial charge >= 0.3 is 5.97 Å². The minimum atomic E-state index is -0.889. The lowest BCUT2D eigenvalue weighted by Crippen LogP contribution is -2.14. The molecule has 0 bridgehead atoms. The van der Waals surface area contributed by atoms with E-state index in [-0.39, 0.29) is 6.42 Å². The molecule has 0 aliphatic rings. The summed E-state index contributed by atoms with van der Waals surface area (Å²) < 4.78 is 0. The number of nitrogens with two attached hydrogens (primary N) is 1. The zero-order valence-corrected chi connectivity index (χ0v) is 9.55. The third-order valence-electron chi connectivity index (χ3n) is 2.71. The predicted octanol–water partition coefficient (Wildman–Crippen LogP) is 2.02. The molecule has 0 saturated carbocycles. The van der Waals surface area contributed by atoms with Gasteiger partial charge in [0.25, 0.3) is 0 Å². The number of hydrogen-bond donors (Lipinski definition) is 2. The van der Waals surface area contributed by atoms with Crippen LogP contribution in [-0.4, -0.2) is 16.1 Å². The molecule has 0 amide bonds. The monoisotopic (exact) mass is 230 g/mol. The highest BCUT2D eigenvalue weighted by molar-refractivity contribution is 5.83. The van der Waals surface area contributed by atoms with Gasteiger partial charge in [-0.05, 0) is 30.0 Å². The van der Waals surface area contributed by atoms with Crippen molar-refractivity contribution < 1.29 is 9.90 Å². The molecule has 0 radical (unpaired) electrons. The Morgan fingerprint density at radius 2 is 2.18 bits per heavy atom. The summed E-state index contributed by atoms with van der Waals surface area (Å²) in [6, 6.07) is 7.23. The molecule has 88 valence electrons. The number of fused-ring (bicyclic) bond motifs is 1. The Morgan fingerprint density at radius 3 is 2.88 bits per heavy atom. The molecule has 0 aliphatic carbocycles. The molecule has 1 heterocycles. The number of rotatable bonds is 3. The molecule has 17 heavy (non-hydrogen) atoms. The van der Waals surface area contributed by atoms with Gasteiger partial charge in [0.05, 0.1) is 6.42 Å². The van der Waals surface area contributed by atoms with E-state index in [0.717, 1.165) is 22.0 Å². The number of carbonyl (C=O) groups is 1. The number of nitrogens with zero attached hydrogens (tertiary/aromatic N) is 1. The molecule has 0 aliphatic heterocycles. The molecule has 0 saturated heterocycles. The molecule has 4 heteroatoms. The minimum Gasteiger partial charge on any atom is -0.481 e. The Hall–Kier alpha value is -1.94. The first kappa shape index (κ1) is 11.5. The SMILES string of the molecule is Cc1cc2ccc(C(N)CC(=O)O)cc2cn1. The highest BCUT2D eigenvalue weighted by atomic mass is 16.4. The molecule has 2 rings (SSSR count). The van der Waals surface area contributed by atoms with Gasteiger partial charge in [-0.2, -0.15) is 0 Å². The quantitative estimate of drug-likeness (QED) is 0.845. The number of carboxylic acid groups (broad SMARTS) is 1. The van der Waals surface area contributed by atoms with Crippen molar-refractivity contribution in [3.05, 3.63) is 41.7 Å². The molecular formula is C13H14N2O2. The molecular weight excluding hydrogens is 216 g/mol. The second kappa shape index (κ2) is 4.51. The van der Waals surface area contributed by atoms with Gasteiger partial charge in [0.1, 0.15) is 0 Å². The number of aryl methyl sites for hydroxylation is 1. The van der Waals surface area contributed by atoms with Gasteiger partial charge in [-0.25, -0.2) is 0 Å². The molecule has 4 nitrogen and oxygen atoms in total. The predicted molar refractivity (Wildman–Crippen MR) is 65.7 cm³/mol. The standard InChI is InChI=1S/C13H14N2O2/c1-8-4-9-2-3-10(5-11(9)7-15-8)12(14)6-13(16)17/h2-5,7,12H,6,14H2,1H3,(H,16,17). The first-order chi connectivity index (χ1) is 8.06. The van der Waals surface area contributed by atoms with E-state index in [1.54, 1.807) is 6.20 Å². The molecule has 1 aromatic carbocycles. The van der Waals surface area contributed by atoms with Gasteiger partial charge in [-0.15, -0.1) is 0 Å². The van der Waals surface area contributed by atoms with Gasteiger partial charge < -0.3 is 10.8 Å². The number of aromatic nitrogens is 1. The van der Waals surface area contributed by atoms with Crippen LogP contribution in [0.1, 0.15) is 23.7 Å². The number of aliphatic carboxylic acids is 1. The van der Waals surface area contributed by atoms with Crippen molar-refractivity contribution in [1.82, 2.24) is 4.98 Å². The first-order valence-electron chi connectivity index (χ1n) is 5.40. The van der Waals surface area contributed by atoms with Crippen molar-refractivity contribution in [2.75, 3.05) is 0 Å². The van der Waals surface area contributed by atoms with Crippen LogP contribution < -0.4 is 5.73 Å². The fourth-order valence-corrected chi connectivity index (χ4v) is 1.81. The number of carboxylic acids is 1. The summed E-state index contributed by atoms with van der Waals surface area (Å²) in [5, 5.41) is 10.8. The van der Waals surface area contributed by atoms with E-state index in [4.69, 9.17) is 10.8 Å². The number of benzene rings is 1. The smallest absolute Gasteiger partial charge is 0.305 e. The summed E-state index contributed by atoms with van der Waals surface area (Å²) in [4.78, 5) is 14.8. The zero-order valence-electron chi connectivity index (χ0n) is 9.55. The maximum Gasteiger partial charge on any atom is 0.305 e. The third kappa shape index (κ3) is 2.60. The van der Waals surface area contributed by atoms with Crippen LogP contribution in [0.3, 0.4) is 0 Å². The fraction of sp³-hybridized carbons (Fsp3) is 0.231. The van der Waals surface area contributed by atoms with Gasteiger partial charge in [0, 0.05) is 23.3 Å². The molecule has 0 spiro atoms. The Labute approximate surface area is 99.1 Å². The lowest BCUT2D eigenvalue weighted by Gasteiger charge is -2.10. The van der Waals surface area contributed by atoms with Crippen LogP contribution in [0.2, 0.25) is 0 Å². The van der Waals surface area contributed by atoms with Crippen LogP contribution in [0.25, 0.3) is 10.8 Å². The van der Waals surface area contributed by atoms with Crippen LogP contribution in [0.5, 0.6) is 0 Å². The third-order valence-corrected chi connectivity index (χ3v) is 2.71. The van der Waals surface area contributed by atoms with Crippen LogP contribution in [0.4, 0.5) is 0 Å². The van der Waals surface area contributed by atoms with Crippen LogP contribution in [0.15, 0.2) is 30.5 Å². The lowest BCUT2D eigenvalue weighted by atomic mass is 10.0. The molecule has 1 unspecified atom stereocenters. The van der Waals surface area contributed by atoms with Crippen LogP contribution >= 0.6 is 0 Å². The normalized spacial score (nSPS) is 12.6. The van der Waals surface area contributed by atoms with E-state index in [0.29, 0.717) is 0 Å². The molecule has 2 aromatic rings. The van der Waals surface area contributed by atoms with Gasteiger partial charge in [-0.3, -0.25) is 9.78 Å². The largest absolute Gasteiger partial charge is 0.481 e. The second-order valence-electron chi connectivity index (χ2n) is 4.14. The molecule has 1 aromatic heterocycles. The Bertz CT molecular complexity index is 566. The van der Waals surface area contributed by atoms with Crippen molar-refractivity contribution in [3.8, 4) is 0 Å². The average molecular weight is 230 g/mol. The molecule has 0 fully saturated rings. The highest BCUT2D eigenvalue weighted by Crippen LogP contribution is 2.21. The fourth-order valence-electron chi connectivity index (χ4n) is 1.81. The summed E-state index contributed by atoms with van der Waals surface area (Å²) >= 11 is 0. The summed E-state index contributed by atoms with van der Waals surface area (Å²) in [6.45, 7) is 1.93. The lowest BCUT2D eigenvalue weighted by molar-refractivity contribution is -0.137. The van der Waals surface area contributed by atoms with E-state index in [1.165, 1.54) is 0 Å². The van der Waals surface area contributed by atoms with Crippen LogP contribution in [-0.2, 0) is 4.79 Å². The van der Waals surface area contributed by atoms with Crippen molar-refractivity contribution >= 4 is 16.7 Å². The summed E-state index contributed by atoms with van der Waals surface area (Å²) in [6.07, 6.45) is 1.71. The topological polar surface area (TPSA) is 76.2 Å². The van der Waals surface area contributed by atoms with E-state index in [9.17, 15) is 4.79 Å². The summed E-state index contributed by atoms with van der Waals surface area (Å²) in [7, 11) is 0. The summed E-state index contributed by atoms with van der Waals surface area (Å²) in [5.41, 5.74) is 7.60. The van der Waals surface area contributed by atoms with Crippen molar-refractivity contribution in [2.45, 2.75) is 19.4 Å². The van der Waals surface area contributed by atoms with Crippen molar-refractivity contribution in [3.63, 3.8) is 0 Å². The zero-order chi connectivity index (χ0) is 12.4. The minimum absolute atomic E-state index is 0.0647. The highest BCUT2D eigenvalue weighted by Gasteiger charge is 2.10. The van der Waals surface area contributed by atoms with Gasteiger partial charge in [0.2, 0.25) is 0 Å². The average Bonchev–Trinajstić information content (AvgIpc) is 2.27. The second-order valence-corrected chi connectivity index (χ2v) is 4.14. The van der Waals surface area contributed by atoms with E-state index >= 15 is 0 Å². The van der Waals surface area contributed by atoms with Gasteiger partial charge in [0.15, 0.2) is 0 Å². The number of pyridine rings is 1. The molecule has 1 atom stereocenters. The van der Waals surface area contributed by atoms with E-state index < -0.39 is 12.0 Å². The van der Waals surface area contributed by atoms with Crippen molar-refractivity contribution in [2.24, 2.45) is 5.73 Å². The Kier molecular flexibility index (Phi) is 3.06. The van der Waals surface area contributed by atoms with Crippen LogP contribution in [0, 0.1) is 6.92 Å².